The Morgan fingerprint density at radius 3 is 1.65 bits per heavy atom. The van der Waals surface area contributed by atoms with E-state index in [-0.39, 0.29) is 0 Å². The van der Waals surface area contributed by atoms with Crippen LogP contribution in [0, 0.1) is 0 Å². The average Bonchev–Trinajstić information content (AvgIpc) is 2.45. The molecule has 0 atom stereocenters. The largest absolute Gasteiger partial charge is 0.462 e. The highest BCUT2D eigenvalue weighted by molar-refractivity contribution is 5.86. The van der Waals surface area contributed by atoms with Crippen LogP contribution in [-0.4, -0.2) is 48.6 Å². The summed E-state index contributed by atoms with van der Waals surface area (Å²) in [6, 6.07) is 0. The molecule has 0 aromatic heterocycles. The molecule has 26 heavy (non-hydrogen) atoms. The average molecular weight is 414 g/mol. The predicted octanol–water partition coefficient (Wildman–Crippen LogP) is 4.94. The third-order valence-electron chi connectivity index (χ3n) is 2.94. The van der Waals surface area contributed by atoms with E-state index in [0.717, 1.165) is 6.92 Å². The van der Waals surface area contributed by atoms with Gasteiger partial charge in [-0.05, 0) is 6.92 Å². The van der Waals surface area contributed by atoms with Crippen LogP contribution in [-0.2, 0) is 9.53 Å². The third-order valence-corrected chi connectivity index (χ3v) is 2.94. The number of rotatable bonds is 9. The van der Waals surface area contributed by atoms with Gasteiger partial charge >= 0.3 is 42.0 Å². The van der Waals surface area contributed by atoms with E-state index < -0.39 is 60.6 Å². The molecule has 0 aliphatic rings. The molecule has 2 nitrogen and oxygen atoms in total. The van der Waals surface area contributed by atoms with E-state index in [9.17, 15) is 57.5 Å². The van der Waals surface area contributed by atoms with Gasteiger partial charge in [-0.25, -0.2) is 13.6 Å². The molecule has 0 saturated heterocycles. The van der Waals surface area contributed by atoms with Crippen LogP contribution in [0.2, 0.25) is 0 Å². The zero-order valence-corrected chi connectivity index (χ0v) is 12.6. The number of hydrogen-bond acceptors (Lipinski definition) is 2. The second kappa shape index (κ2) is 7.18. The smallest absolute Gasteiger partial charge is 0.384 e. The van der Waals surface area contributed by atoms with Crippen molar-refractivity contribution in [3.63, 3.8) is 0 Å². The lowest BCUT2D eigenvalue weighted by atomic mass is 9.93. The number of alkyl halides is 12. The molecule has 0 saturated carbocycles. The topological polar surface area (TPSA) is 26.3 Å². The summed E-state index contributed by atoms with van der Waals surface area (Å²) in [4.78, 5) is 10.8. The first-order valence-electron chi connectivity index (χ1n) is 6.27. The van der Waals surface area contributed by atoms with Crippen LogP contribution in [0.3, 0.4) is 0 Å². The van der Waals surface area contributed by atoms with Gasteiger partial charge in [0.15, 0.2) is 0 Å². The van der Waals surface area contributed by atoms with Crippen LogP contribution < -0.4 is 0 Å². The lowest BCUT2D eigenvalue weighted by molar-refractivity contribution is -0.413. The highest BCUT2D eigenvalue weighted by atomic mass is 19.4. The fourth-order valence-corrected chi connectivity index (χ4v) is 1.33. The standard InChI is InChI=1S/C12H10F12O2/c1-5(2)6(25)26-4-3-8(15,16)10(19,20)12(23,24)11(21,22)9(17,18)7(13)14/h7H,1,3-4H2,2H3. The molecule has 154 valence electrons. The number of ether oxygens (including phenoxy) is 1. The quantitative estimate of drug-likeness (QED) is 0.304. The van der Waals surface area contributed by atoms with Crippen LogP contribution in [0.5, 0.6) is 0 Å². The third kappa shape index (κ3) is 3.87. The normalized spacial score (nSPS) is 14.5. The number of hydrogen-bond donors (Lipinski definition) is 0. The van der Waals surface area contributed by atoms with E-state index in [4.69, 9.17) is 0 Å². The lowest BCUT2D eigenvalue weighted by Crippen LogP contribution is -2.68. The van der Waals surface area contributed by atoms with Crippen molar-refractivity contribution in [2.24, 2.45) is 0 Å². The minimum absolute atomic E-state index is 0.423. The molecule has 0 aliphatic heterocycles. The van der Waals surface area contributed by atoms with Gasteiger partial charge < -0.3 is 4.74 Å². The molecule has 0 aliphatic carbocycles. The number of halogens is 12. The number of carbonyl (C=O) groups is 1. The predicted molar refractivity (Wildman–Crippen MR) is 61.1 cm³/mol. The SMILES string of the molecule is C=C(C)C(=O)OCCC(F)(F)C(F)(F)C(F)(F)C(F)(F)C(F)(F)C(F)F. The molecule has 0 amide bonds. The fraction of sp³-hybridized carbons (Fsp3) is 0.750. The molecule has 14 heteroatoms. The van der Waals surface area contributed by atoms with Crippen LogP contribution in [0.4, 0.5) is 52.7 Å². The highest BCUT2D eigenvalue weighted by Gasteiger charge is 2.87. The second-order valence-electron chi connectivity index (χ2n) is 5.02. The Morgan fingerprint density at radius 2 is 1.31 bits per heavy atom. The van der Waals surface area contributed by atoms with Gasteiger partial charge in [-0.2, -0.15) is 43.9 Å². The van der Waals surface area contributed by atoms with E-state index in [2.05, 4.69) is 11.3 Å². The summed E-state index contributed by atoms with van der Waals surface area (Å²) in [5.74, 6) is -36.9. The van der Waals surface area contributed by atoms with Crippen molar-refractivity contribution in [3.8, 4) is 0 Å². The van der Waals surface area contributed by atoms with E-state index in [1.54, 1.807) is 0 Å². The molecule has 0 spiro atoms. The lowest BCUT2D eigenvalue weighted by Gasteiger charge is -2.39. The summed E-state index contributed by atoms with van der Waals surface area (Å²) in [6.07, 6.45) is -8.05. The van der Waals surface area contributed by atoms with Crippen LogP contribution in [0.1, 0.15) is 13.3 Å². The monoisotopic (exact) mass is 414 g/mol. The van der Waals surface area contributed by atoms with Crippen LogP contribution in [0.15, 0.2) is 12.2 Å². The summed E-state index contributed by atoms with van der Waals surface area (Å²) >= 11 is 0. The van der Waals surface area contributed by atoms with E-state index in [0.29, 0.717) is 0 Å². The van der Waals surface area contributed by atoms with E-state index in [1.807, 2.05) is 0 Å². The van der Waals surface area contributed by atoms with Gasteiger partial charge in [-0.1, -0.05) is 6.58 Å². The fourth-order valence-electron chi connectivity index (χ4n) is 1.33. The zero-order valence-electron chi connectivity index (χ0n) is 12.6. The maximum absolute atomic E-state index is 13.3. The molecular formula is C12H10F12O2. The van der Waals surface area contributed by atoms with Crippen molar-refractivity contribution >= 4 is 5.97 Å². The van der Waals surface area contributed by atoms with Crippen LogP contribution >= 0.6 is 0 Å². The van der Waals surface area contributed by atoms with Gasteiger partial charge in [0, 0.05) is 5.57 Å². The van der Waals surface area contributed by atoms with Crippen molar-refractivity contribution in [1.29, 1.82) is 0 Å². The van der Waals surface area contributed by atoms with Crippen molar-refractivity contribution in [1.82, 2.24) is 0 Å². The van der Waals surface area contributed by atoms with E-state index in [1.165, 1.54) is 0 Å². The summed E-state index contributed by atoms with van der Waals surface area (Å²) in [5.41, 5.74) is -0.423. The second-order valence-corrected chi connectivity index (χ2v) is 5.02. The molecular weight excluding hydrogens is 404 g/mol. The maximum atomic E-state index is 13.3. The molecule has 0 radical (unpaired) electrons. The Bertz CT molecular complexity index is 540. The van der Waals surface area contributed by atoms with E-state index >= 15 is 0 Å². The molecule has 0 heterocycles. The van der Waals surface area contributed by atoms with Crippen molar-refractivity contribution in [2.45, 2.75) is 49.4 Å². The van der Waals surface area contributed by atoms with Gasteiger partial charge in [0.05, 0.1) is 13.0 Å². The summed E-state index contributed by atoms with van der Waals surface area (Å²) < 4.78 is 158. The number of carbonyl (C=O) groups excluding carboxylic acids is 1. The molecule has 0 unspecified atom stereocenters. The first-order valence-corrected chi connectivity index (χ1v) is 6.27. The molecule has 0 aromatic carbocycles. The molecule has 0 fully saturated rings. The number of esters is 1. The first kappa shape index (κ1) is 24.4. The molecule has 0 N–H and O–H groups in total. The zero-order chi connectivity index (χ0) is 21.4. The maximum Gasteiger partial charge on any atom is 0.384 e. The Kier molecular flexibility index (Phi) is 6.73. The minimum Gasteiger partial charge on any atom is -0.462 e. The summed E-state index contributed by atoms with van der Waals surface area (Å²) in [6.45, 7) is 2.23. The first-order chi connectivity index (χ1) is 11.3. The molecule has 0 bridgehead atoms. The van der Waals surface area contributed by atoms with Gasteiger partial charge in [-0.3, -0.25) is 0 Å². The van der Waals surface area contributed by atoms with Gasteiger partial charge in [0.25, 0.3) is 0 Å². The van der Waals surface area contributed by atoms with Crippen molar-refractivity contribution < 1.29 is 62.2 Å². The minimum atomic E-state index is -7.58. The highest BCUT2D eigenvalue weighted by Crippen LogP contribution is 2.58. The van der Waals surface area contributed by atoms with Crippen molar-refractivity contribution in [2.75, 3.05) is 6.61 Å². The Labute approximate surface area is 137 Å². The molecule has 0 rings (SSSR count). The van der Waals surface area contributed by atoms with Gasteiger partial charge in [0.1, 0.15) is 0 Å². The Morgan fingerprint density at radius 1 is 0.885 bits per heavy atom. The van der Waals surface area contributed by atoms with Gasteiger partial charge in [-0.15, -0.1) is 0 Å². The molecule has 0 aromatic rings. The Hall–Kier alpha value is -1.63. The summed E-state index contributed by atoms with van der Waals surface area (Å²) in [7, 11) is 0. The van der Waals surface area contributed by atoms with Crippen molar-refractivity contribution in [3.05, 3.63) is 12.2 Å². The van der Waals surface area contributed by atoms with Gasteiger partial charge in [0.2, 0.25) is 0 Å². The van der Waals surface area contributed by atoms with Crippen LogP contribution in [0.25, 0.3) is 0 Å². The summed E-state index contributed by atoms with van der Waals surface area (Å²) in [5, 5.41) is 0. The Balaban J connectivity index is 5.67.